The first-order chi connectivity index (χ1) is 7.78. The number of ether oxygens (including phenoxy) is 1. The number of hydrogen-bond donors (Lipinski definition) is 1. The lowest BCUT2D eigenvalue weighted by molar-refractivity contribution is 0.0231. The maximum atomic E-state index is 11.6. The summed E-state index contributed by atoms with van der Waals surface area (Å²) in [5.41, 5.74) is 1.60. The number of carbonyl (C=O) groups excluding carboxylic acids is 1. The molecule has 1 aromatic carbocycles. The molecule has 0 fully saturated rings. The van der Waals surface area contributed by atoms with Gasteiger partial charge in [0, 0.05) is 0 Å². The normalized spacial score (nSPS) is 11.1. The van der Waals surface area contributed by atoms with Crippen molar-refractivity contribution in [3.8, 4) is 0 Å². The van der Waals surface area contributed by atoms with E-state index in [1.807, 2.05) is 52.9 Å². The average molecular weight is 234 g/mol. The first-order valence-corrected chi connectivity index (χ1v) is 5.59. The SMILES string of the molecule is Bc1cccc(CN(N)C(=O)OC(C)(C)C)c1. The first kappa shape index (κ1) is 13.6. The summed E-state index contributed by atoms with van der Waals surface area (Å²) in [5.74, 6) is 5.67. The Morgan fingerprint density at radius 2 is 2.12 bits per heavy atom. The Bertz CT molecular complexity index is 402. The molecule has 0 radical (unpaired) electrons. The van der Waals surface area contributed by atoms with Crippen molar-refractivity contribution >= 4 is 19.4 Å². The summed E-state index contributed by atoms with van der Waals surface area (Å²) in [6, 6.07) is 7.85. The van der Waals surface area contributed by atoms with Crippen LogP contribution in [0.3, 0.4) is 0 Å². The van der Waals surface area contributed by atoms with Crippen LogP contribution >= 0.6 is 0 Å². The van der Waals surface area contributed by atoms with Crippen molar-refractivity contribution < 1.29 is 9.53 Å². The van der Waals surface area contributed by atoms with Crippen LogP contribution < -0.4 is 11.3 Å². The molecule has 4 nitrogen and oxygen atoms in total. The van der Waals surface area contributed by atoms with Crippen LogP contribution in [0.25, 0.3) is 0 Å². The van der Waals surface area contributed by atoms with Crippen LogP contribution in [0.4, 0.5) is 4.79 Å². The van der Waals surface area contributed by atoms with E-state index in [0.717, 1.165) is 16.0 Å². The van der Waals surface area contributed by atoms with Gasteiger partial charge in [0.15, 0.2) is 0 Å². The molecular formula is C12H19BN2O2. The second-order valence-electron chi connectivity index (χ2n) is 5.10. The fraction of sp³-hybridized carbons (Fsp3) is 0.417. The molecule has 0 spiro atoms. The number of hydrogen-bond acceptors (Lipinski definition) is 3. The Morgan fingerprint density at radius 3 is 2.65 bits per heavy atom. The number of benzene rings is 1. The molecule has 0 aliphatic rings. The number of nitrogens with zero attached hydrogens (tertiary/aromatic N) is 1. The van der Waals surface area contributed by atoms with Crippen LogP contribution in [0.5, 0.6) is 0 Å². The molecule has 0 saturated carbocycles. The second-order valence-corrected chi connectivity index (χ2v) is 5.10. The highest BCUT2D eigenvalue weighted by Crippen LogP contribution is 2.09. The van der Waals surface area contributed by atoms with Crippen molar-refractivity contribution in [2.45, 2.75) is 32.9 Å². The molecule has 17 heavy (non-hydrogen) atoms. The van der Waals surface area contributed by atoms with Crippen LogP contribution in [-0.4, -0.2) is 24.5 Å². The number of nitrogens with two attached hydrogens (primary N) is 1. The van der Waals surface area contributed by atoms with Crippen molar-refractivity contribution in [3.63, 3.8) is 0 Å². The van der Waals surface area contributed by atoms with Crippen molar-refractivity contribution in [3.05, 3.63) is 29.8 Å². The van der Waals surface area contributed by atoms with Gasteiger partial charge in [-0.15, -0.1) is 0 Å². The summed E-state index contributed by atoms with van der Waals surface area (Å²) in [6.45, 7) is 5.78. The molecular weight excluding hydrogens is 215 g/mol. The molecule has 0 saturated heterocycles. The predicted molar refractivity (Wildman–Crippen MR) is 70.6 cm³/mol. The minimum atomic E-state index is -0.526. The van der Waals surface area contributed by atoms with E-state index >= 15 is 0 Å². The maximum Gasteiger partial charge on any atom is 0.424 e. The number of hydrazine groups is 1. The van der Waals surface area contributed by atoms with Crippen molar-refractivity contribution in [2.75, 3.05) is 0 Å². The number of rotatable bonds is 2. The van der Waals surface area contributed by atoms with Crippen LogP contribution in [0.2, 0.25) is 0 Å². The summed E-state index contributed by atoms with van der Waals surface area (Å²) < 4.78 is 5.16. The topological polar surface area (TPSA) is 55.6 Å². The smallest absolute Gasteiger partial charge is 0.424 e. The van der Waals surface area contributed by atoms with Crippen molar-refractivity contribution in [2.24, 2.45) is 5.84 Å². The van der Waals surface area contributed by atoms with Crippen LogP contribution in [0.1, 0.15) is 26.3 Å². The van der Waals surface area contributed by atoms with Gasteiger partial charge in [-0.25, -0.2) is 15.6 Å². The van der Waals surface area contributed by atoms with E-state index in [0.29, 0.717) is 6.54 Å². The van der Waals surface area contributed by atoms with Gasteiger partial charge in [0.2, 0.25) is 0 Å². The van der Waals surface area contributed by atoms with E-state index in [-0.39, 0.29) is 0 Å². The second kappa shape index (κ2) is 5.23. The Morgan fingerprint density at radius 1 is 1.47 bits per heavy atom. The Hall–Kier alpha value is -1.49. The molecule has 0 aliphatic carbocycles. The molecule has 0 aromatic heterocycles. The van der Waals surface area contributed by atoms with E-state index in [2.05, 4.69) is 0 Å². The van der Waals surface area contributed by atoms with Gasteiger partial charge < -0.3 is 4.74 Å². The maximum absolute atomic E-state index is 11.6. The third kappa shape index (κ3) is 4.91. The fourth-order valence-corrected chi connectivity index (χ4v) is 1.39. The summed E-state index contributed by atoms with van der Waals surface area (Å²) in [5, 5.41) is 1.08. The fourth-order valence-electron chi connectivity index (χ4n) is 1.39. The van der Waals surface area contributed by atoms with Crippen molar-refractivity contribution in [1.82, 2.24) is 5.01 Å². The zero-order valence-corrected chi connectivity index (χ0v) is 10.9. The molecule has 1 amide bonds. The van der Waals surface area contributed by atoms with E-state index in [1.54, 1.807) is 0 Å². The molecule has 0 bridgehead atoms. The van der Waals surface area contributed by atoms with Crippen LogP contribution in [0.15, 0.2) is 24.3 Å². The van der Waals surface area contributed by atoms with Crippen LogP contribution in [0, 0.1) is 0 Å². The lowest BCUT2D eigenvalue weighted by Crippen LogP contribution is -2.41. The molecule has 0 aliphatic heterocycles. The summed E-state index contributed by atoms with van der Waals surface area (Å²) in [6.07, 6.45) is -0.515. The Kier molecular flexibility index (Phi) is 4.18. The predicted octanol–water partition coefficient (Wildman–Crippen LogP) is 0.556. The molecule has 0 atom stereocenters. The van der Waals surface area contributed by atoms with Gasteiger partial charge in [-0.05, 0) is 26.3 Å². The summed E-state index contributed by atoms with van der Waals surface area (Å²) in [7, 11) is 2.00. The van der Waals surface area contributed by atoms with E-state index in [1.165, 1.54) is 0 Å². The first-order valence-electron chi connectivity index (χ1n) is 5.59. The van der Waals surface area contributed by atoms with Crippen molar-refractivity contribution in [1.29, 1.82) is 0 Å². The van der Waals surface area contributed by atoms with Gasteiger partial charge in [0.25, 0.3) is 0 Å². The highest BCUT2D eigenvalue weighted by molar-refractivity contribution is 6.32. The van der Waals surface area contributed by atoms with Gasteiger partial charge in [0.1, 0.15) is 13.4 Å². The molecule has 2 N–H and O–H groups in total. The van der Waals surface area contributed by atoms with Gasteiger partial charge in [0.05, 0.1) is 6.54 Å². The number of carbonyl (C=O) groups is 1. The molecule has 92 valence electrons. The third-order valence-corrected chi connectivity index (χ3v) is 2.06. The highest BCUT2D eigenvalue weighted by atomic mass is 16.6. The Balaban J connectivity index is 2.60. The molecule has 0 unspecified atom stereocenters. The molecule has 1 aromatic rings. The highest BCUT2D eigenvalue weighted by Gasteiger charge is 2.20. The van der Waals surface area contributed by atoms with Crippen LogP contribution in [-0.2, 0) is 11.3 Å². The van der Waals surface area contributed by atoms with Gasteiger partial charge in [-0.3, -0.25) is 0 Å². The van der Waals surface area contributed by atoms with Gasteiger partial charge in [-0.1, -0.05) is 29.7 Å². The largest absolute Gasteiger partial charge is 0.443 e. The molecule has 0 heterocycles. The standard InChI is InChI=1S/C12H19BN2O2/c1-12(2,3)17-11(16)15(14)8-9-5-4-6-10(13)7-9/h4-7H,8,13-14H2,1-3H3. The van der Waals surface area contributed by atoms with E-state index in [9.17, 15) is 4.79 Å². The minimum absolute atomic E-state index is 0.344. The quantitative estimate of drug-likeness (QED) is 0.352. The monoisotopic (exact) mass is 234 g/mol. The third-order valence-electron chi connectivity index (χ3n) is 2.06. The zero-order valence-electron chi connectivity index (χ0n) is 10.9. The molecule has 5 heteroatoms. The average Bonchev–Trinajstić information content (AvgIpc) is 2.14. The zero-order chi connectivity index (χ0) is 13.1. The molecule has 1 rings (SSSR count). The summed E-state index contributed by atoms with van der Waals surface area (Å²) in [4.78, 5) is 11.6. The van der Waals surface area contributed by atoms with Gasteiger partial charge >= 0.3 is 6.09 Å². The van der Waals surface area contributed by atoms with E-state index in [4.69, 9.17) is 10.6 Å². The minimum Gasteiger partial charge on any atom is -0.443 e. The lowest BCUT2D eigenvalue weighted by Gasteiger charge is -2.24. The summed E-state index contributed by atoms with van der Waals surface area (Å²) >= 11 is 0. The van der Waals surface area contributed by atoms with E-state index < -0.39 is 11.7 Å². The van der Waals surface area contributed by atoms with Gasteiger partial charge in [-0.2, -0.15) is 0 Å². The number of amides is 1. The lowest BCUT2D eigenvalue weighted by atomic mass is 9.94. The Labute approximate surface area is 103 Å².